The van der Waals surface area contributed by atoms with Crippen molar-refractivity contribution in [3.63, 3.8) is 0 Å². The molecule has 0 spiro atoms. The monoisotopic (exact) mass is 368 g/mol. The van der Waals surface area contributed by atoms with Crippen molar-refractivity contribution in [3.05, 3.63) is 53.1 Å². The third-order valence-corrected chi connectivity index (χ3v) is 3.79. The first-order chi connectivity index (χ1) is 13.0. The van der Waals surface area contributed by atoms with Gasteiger partial charge in [0, 0.05) is 6.54 Å². The number of nitrogens with one attached hydrogen (secondary N) is 1. The van der Waals surface area contributed by atoms with E-state index in [1.807, 2.05) is 18.2 Å². The number of benzene rings is 2. The molecular formula is C20H20N2O5. The van der Waals surface area contributed by atoms with Crippen LogP contribution in [0.4, 0.5) is 0 Å². The summed E-state index contributed by atoms with van der Waals surface area (Å²) in [5.41, 5.74) is 1.27. The first kappa shape index (κ1) is 19.7. The first-order valence-electron chi connectivity index (χ1n) is 8.00. The van der Waals surface area contributed by atoms with Crippen LogP contribution in [-0.2, 0) is 11.3 Å². The van der Waals surface area contributed by atoms with Gasteiger partial charge in [0.1, 0.15) is 17.4 Å². The smallest absolute Gasteiger partial charge is 0.262 e. The van der Waals surface area contributed by atoms with E-state index in [-0.39, 0.29) is 29.4 Å². The van der Waals surface area contributed by atoms with E-state index in [0.29, 0.717) is 5.56 Å². The fraction of sp³-hybridized carbons (Fsp3) is 0.200. The van der Waals surface area contributed by atoms with Crippen molar-refractivity contribution < 1.29 is 24.1 Å². The SMILES string of the molecule is COc1ccc(CNC(=O)/C(C#N)=C\c2cc(OC)c(O)c(OC)c2)cc1. The van der Waals surface area contributed by atoms with Crippen LogP contribution >= 0.6 is 0 Å². The summed E-state index contributed by atoms with van der Waals surface area (Å²) in [6.45, 7) is 0.268. The predicted molar refractivity (Wildman–Crippen MR) is 99.6 cm³/mol. The van der Waals surface area contributed by atoms with Gasteiger partial charge in [-0.05, 0) is 41.5 Å². The molecular weight excluding hydrogens is 348 g/mol. The fourth-order valence-electron chi connectivity index (χ4n) is 2.33. The van der Waals surface area contributed by atoms with Crippen molar-refractivity contribution in [3.8, 4) is 29.1 Å². The molecule has 0 fully saturated rings. The number of carbonyl (C=O) groups is 1. The van der Waals surface area contributed by atoms with Crippen LogP contribution in [-0.4, -0.2) is 32.3 Å². The summed E-state index contributed by atoms with van der Waals surface area (Å²) in [5.74, 6) is 0.407. The largest absolute Gasteiger partial charge is 0.502 e. The minimum Gasteiger partial charge on any atom is -0.502 e. The Bertz CT molecular complexity index is 857. The van der Waals surface area contributed by atoms with Gasteiger partial charge in [-0.3, -0.25) is 4.79 Å². The van der Waals surface area contributed by atoms with E-state index >= 15 is 0 Å². The highest BCUT2D eigenvalue weighted by molar-refractivity contribution is 6.01. The topological polar surface area (TPSA) is 101 Å². The van der Waals surface area contributed by atoms with Crippen molar-refractivity contribution in [2.75, 3.05) is 21.3 Å². The Labute approximate surface area is 157 Å². The standard InChI is InChI=1S/C20H20N2O5/c1-25-16-6-4-13(5-7-16)12-22-20(24)15(11-21)8-14-9-17(26-2)19(23)18(10-14)27-3/h4-10,23H,12H2,1-3H3,(H,22,24)/b15-8-. The molecule has 140 valence electrons. The molecule has 7 heteroatoms. The molecule has 2 aromatic carbocycles. The van der Waals surface area contributed by atoms with Gasteiger partial charge in [0.25, 0.3) is 5.91 Å². The zero-order valence-corrected chi connectivity index (χ0v) is 15.3. The fourth-order valence-corrected chi connectivity index (χ4v) is 2.33. The minimum absolute atomic E-state index is 0.0849. The van der Waals surface area contributed by atoms with Crippen LogP contribution in [0.5, 0.6) is 23.0 Å². The van der Waals surface area contributed by atoms with E-state index in [4.69, 9.17) is 14.2 Å². The molecule has 7 nitrogen and oxygen atoms in total. The van der Waals surface area contributed by atoms with E-state index in [1.54, 1.807) is 19.2 Å². The highest BCUT2D eigenvalue weighted by Crippen LogP contribution is 2.37. The lowest BCUT2D eigenvalue weighted by molar-refractivity contribution is -0.117. The number of hydrogen-bond acceptors (Lipinski definition) is 6. The molecule has 1 amide bonds. The summed E-state index contributed by atoms with van der Waals surface area (Å²) in [4.78, 5) is 12.3. The zero-order chi connectivity index (χ0) is 19.8. The lowest BCUT2D eigenvalue weighted by Crippen LogP contribution is -2.23. The molecule has 0 aliphatic carbocycles. The molecule has 0 aliphatic heterocycles. The third-order valence-electron chi connectivity index (χ3n) is 3.79. The van der Waals surface area contributed by atoms with Gasteiger partial charge in [0.15, 0.2) is 11.5 Å². The average Bonchev–Trinajstić information content (AvgIpc) is 2.71. The number of phenols is 1. The summed E-state index contributed by atoms with van der Waals surface area (Å²) in [7, 11) is 4.37. The van der Waals surface area contributed by atoms with Crippen molar-refractivity contribution in [1.29, 1.82) is 5.26 Å². The summed E-state index contributed by atoms with van der Waals surface area (Å²) in [6.07, 6.45) is 1.40. The second-order valence-corrected chi connectivity index (χ2v) is 5.47. The Balaban J connectivity index is 2.17. The molecule has 0 unspecified atom stereocenters. The summed E-state index contributed by atoms with van der Waals surface area (Å²) in [6, 6.07) is 12.1. The Morgan fingerprint density at radius 2 is 1.70 bits per heavy atom. The van der Waals surface area contributed by atoms with Gasteiger partial charge in [-0.2, -0.15) is 5.26 Å². The van der Waals surface area contributed by atoms with Crippen LogP contribution in [0.15, 0.2) is 42.0 Å². The third kappa shape index (κ3) is 4.92. The van der Waals surface area contributed by atoms with E-state index in [1.165, 1.54) is 32.4 Å². The predicted octanol–water partition coefficient (Wildman–Crippen LogP) is 2.64. The molecule has 0 atom stereocenters. The summed E-state index contributed by atoms with van der Waals surface area (Å²) >= 11 is 0. The van der Waals surface area contributed by atoms with Crippen LogP contribution < -0.4 is 19.5 Å². The molecule has 0 radical (unpaired) electrons. The molecule has 2 N–H and O–H groups in total. The number of hydrogen-bond donors (Lipinski definition) is 2. The molecule has 0 heterocycles. The highest BCUT2D eigenvalue weighted by Gasteiger charge is 2.13. The number of amides is 1. The Morgan fingerprint density at radius 3 is 2.19 bits per heavy atom. The van der Waals surface area contributed by atoms with Crippen molar-refractivity contribution in [1.82, 2.24) is 5.32 Å². The van der Waals surface area contributed by atoms with E-state index in [9.17, 15) is 15.2 Å². The number of methoxy groups -OCH3 is 3. The van der Waals surface area contributed by atoms with Gasteiger partial charge >= 0.3 is 0 Å². The van der Waals surface area contributed by atoms with Crippen LogP contribution in [0.25, 0.3) is 6.08 Å². The quantitative estimate of drug-likeness (QED) is 0.576. The normalized spacial score (nSPS) is 10.7. The lowest BCUT2D eigenvalue weighted by Gasteiger charge is -2.10. The number of aromatic hydroxyl groups is 1. The number of nitrogens with zero attached hydrogens (tertiary/aromatic N) is 1. The average molecular weight is 368 g/mol. The first-order valence-corrected chi connectivity index (χ1v) is 8.00. The number of carbonyl (C=O) groups excluding carboxylic acids is 1. The Morgan fingerprint density at radius 1 is 1.11 bits per heavy atom. The number of phenolic OH excluding ortho intramolecular Hbond substituents is 1. The lowest BCUT2D eigenvalue weighted by atomic mass is 10.1. The maximum atomic E-state index is 12.3. The van der Waals surface area contributed by atoms with Gasteiger partial charge in [-0.1, -0.05) is 12.1 Å². The van der Waals surface area contributed by atoms with Gasteiger partial charge < -0.3 is 24.6 Å². The Hall–Kier alpha value is -3.66. The van der Waals surface area contributed by atoms with E-state index in [0.717, 1.165) is 11.3 Å². The number of rotatable bonds is 7. The van der Waals surface area contributed by atoms with Crippen LogP contribution in [0.2, 0.25) is 0 Å². The molecule has 0 aliphatic rings. The molecule has 0 aromatic heterocycles. The molecule has 0 saturated carbocycles. The molecule has 0 saturated heterocycles. The summed E-state index contributed by atoms with van der Waals surface area (Å²) in [5, 5.41) is 22.0. The number of nitriles is 1. The van der Waals surface area contributed by atoms with Gasteiger partial charge in [-0.15, -0.1) is 0 Å². The Kier molecular flexibility index (Phi) is 6.67. The van der Waals surface area contributed by atoms with E-state index in [2.05, 4.69) is 5.32 Å². The zero-order valence-electron chi connectivity index (χ0n) is 15.3. The second kappa shape index (κ2) is 9.15. The molecule has 0 bridgehead atoms. The molecule has 2 rings (SSSR count). The molecule has 27 heavy (non-hydrogen) atoms. The van der Waals surface area contributed by atoms with E-state index < -0.39 is 5.91 Å². The number of ether oxygens (including phenoxy) is 3. The van der Waals surface area contributed by atoms with Crippen LogP contribution in [0.1, 0.15) is 11.1 Å². The van der Waals surface area contributed by atoms with Gasteiger partial charge in [0.2, 0.25) is 5.75 Å². The second-order valence-electron chi connectivity index (χ2n) is 5.47. The maximum Gasteiger partial charge on any atom is 0.262 e. The van der Waals surface area contributed by atoms with Crippen molar-refractivity contribution >= 4 is 12.0 Å². The minimum atomic E-state index is -0.515. The van der Waals surface area contributed by atoms with Gasteiger partial charge in [0.05, 0.1) is 21.3 Å². The maximum absolute atomic E-state index is 12.3. The van der Waals surface area contributed by atoms with Crippen molar-refractivity contribution in [2.24, 2.45) is 0 Å². The molecule has 2 aromatic rings. The van der Waals surface area contributed by atoms with Crippen molar-refractivity contribution in [2.45, 2.75) is 6.54 Å². The summed E-state index contributed by atoms with van der Waals surface area (Å²) < 4.78 is 15.2. The van der Waals surface area contributed by atoms with Crippen LogP contribution in [0, 0.1) is 11.3 Å². The van der Waals surface area contributed by atoms with Crippen LogP contribution in [0.3, 0.4) is 0 Å². The van der Waals surface area contributed by atoms with Gasteiger partial charge in [-0.25, -0.2) is 0 Å². The highest BCUT2D eigenvalue weighted by atomic mass is 16.5.